The second-order valence-electron chi connectivity index (χ2n) is 7.36. The quantitative estimate of drug-likeness (QED) is 0.827. The minimum absolute atomic E-state index is 0.0226. The molecule has 0 aromatic heterocycles. The van der Waals surface area contributed by atoms with E-state index in [1.165, 1.54) is 5.56 Å². The standard InChI is InChI=1S/C23H28N2O3/c1-17-6-3-7-18(14-17)19-8-4-10-21(15-19)24-23(27)20-9-5-12-25(16-20)22(26)11-13-28-2/h3-4,6-8,10,14-15,20H,5,9,11-13,16H2,1-2H3,(H,24,27)/t20-/m0/s1. The van der Waals surface area contributed by atoms with E-state index >= 15 is 0 Å². The van der Waals surface area contributed by atoms with Crippen LogP contribution in [0.2, 0.25) is 0 Å². The average molecular weight is 380 g/mol. The molecule has 5 nitrogen and oxygen atoms in total. The van der Waals surface area contributed by atoms with Crippen LogP contribution in [0.3, 0.4) is 0 Å². The van der Waals surface area contributed by atoms with E-state index in [1.807, 2.05) is 30.3 Å². The van der Waals surface area contributed by atoms with Gasteiger partial charge in [-0.05, 0) is 43.0 Å². The highest BCUT2D eigenvalue weighted by Gasteiger charge is 2.28. The first kappa shape index (κ1) is 20.1. The van der Waals surface area contributed by atoms with E-state index in [4.69, 9.17) is 4.74 Å². The maximum absolute atomic E-state index is 12.8. The molecule has 28 heavy (non-hydrogen) atoms. The number of piperidine rings is 1. The predicted molar refractivity (Wildman–Crippen MR) is 111 cm³/mol. The zero-order valence-corrected chi connectivity index (χ0v) is 16.6. The minimum atomic E-state index is -0.178. The normalized spacial score (nSPS) is 16.6. The number of anilines is 1. The number of rotatable bonds is 6. The molecule has 1 heterocycles. The van der Waals surface area contributed by atoms with Gasteiger partial charge in [0.2, 0.25) is 11.8 Å². The molecule has 3 rings (SSSR count). The largest absolute Gasteiger partial charge is 0.384 e. The van der Waals surface area contributed by atoms with E-state index in [0.29, 0.717) is 19.6 Å². The molecule has 1 aliphatic heterocycles. The lowest BCUT2D eigenvalue weighted by Gasteiger charge is -2.32. The molecule has 0 spiro atoms. The van der Waals surface area contributed by atoms with Crippen LogP contribution in [0.4, 0.5) is 5.69 Å². The molecule has 1 aliphatic rings. The molecule has 1 atom stereocenters. The van der Waals surface area contributed by atoms with Crippen molar-refractivity contribution in [2.45, 2.75) is 26.2 Å². The SMILES string of the molecule is COCCC(=O)N1CCC[C@H](C(=O)Nc2cccc(-c3cccc(C)c3)c2)C1. The molecule has 2 aromatic rings. The van der Waals surface area contributed by atoms with Crippen LogP contribution in [0.15, 0.2) is 48.5 Å². The van der Waals surface area contributed by atoms with Crippen LogP contribution in [0.5, 0.6) is 0 Å². The van der Waals surface area contributed by atoms with Crippen molar-refractivity contribution < 1.29 is 14.3 Å². The molecule has 2 aromatic carbocycles. The summed E-state index contributed by atoms with van der Waals surface area (Å²) < 4.78 is 4.98. The Morgan fingerprint density at radius 2 is 1.89 bits per heavy atom. The molecule has 1 N–H and O–H groups in total. The lowest BCUT2D eigenvalue weighted by molar-refractivity contribution is -0.135. The Bertz CT molecular complexity index is 834. The minimum Gasteiger partial charge on any atom is -0.384 e. The summed E-state index contributed by atoms with van der Waals surface area (Å²) in [5.74, 6) is -0.144. The van der Waals surface area contributed by atoms with Crippen LogP contribution in [-0.4, -0.2) is 43.5 Å². The number of nitrogens with zero attached hydrogens (tertiary/aromatic N) is 1. The van der Waals surface area contributed by atoms with Gasteiger partial charge in [0.05, 0.1) is 18.9 Å². The molecule has 1 fully saturated rings. The number of nitrogens with one attached hydrogen (secondary N) is 1. The van der Waals surface area contributed by atoms with E-state index < -0.39 is 0 Å². The third kappa shape index (κ3) is 5.20. The Labute approximate surface area is 166 Å². The van der Waals surface area contributed by atoms with Gasteiger partial charge in [-0.2, -0.15) is 0 Å². The predicted octanol–water partition coefficient (Wildman–Crippen LogP) is 3.88. The van der Waals surface area contributed by atoms with Crippen LogP contribution >= 0.6 is 0 Å². The molecule has 0 saturated carbocycles. The van der Waals surface area contributed by atoms with E-state index in [9.17, 15) is 9.59 Å². The molecule has 5 heteroatoms. The lowest BCUT2D eigenvalue weighted by Crippen LogP contribution is -2.44. The van der Waals surface area contributed by atoms with Crippen molar-refractivity contribution in [3.63, 3.8) is 0 Å². The molecule has 0 bridgehead atoms. The molecule has 1 saturated heterocycles. The number of ether oxygens (including phenoxy) is 1. The number of amides is 2. The van der Waals surface area contributed by atoms with Crippen molar-refractivity contribution in [1.82, 2.24) is 4.90 Å². The van der Waals surface area contributed by atoms with Gasteiger partial charge < -0.3 is 15.0 Å². The second kappa shape index (κ2) is 9.51. The molecule has 148 valence electrons. The van der Waals surface area contributed by atoms with Crippen molar-refractivity contribution >= 4 is 17.5 Å². The first-order valence-corrected chi connectivity index (χ1v) is 9.81. The van der Waals surface area contributed by atoms with Crippen LogP contribution in [-0.2, 0) is 14.3 Å². The Hall–Kier alpha value is -2.66. The van der Waals surface area contributed by atoms with Crippen molar-refractivity contribution in [1.29, 1.82) is 0 Å². The fourth-order valence-electron chi connectivity index (χ4n) is 3.61. The van der Waals surface area contributed by atoms with Gasteiger partial charge in [-0.3, -0.25) is 9.59 Å². The zero-order chi connectivity index (χ0) is 19.9. The van der Waals surface area contributed by atoms with E-state index in [-0.39, 0.29) is 17.7 Å². The average Bonchev–Trinajstić information content (AvgIpc) is 2.72. The molecular formula is C23H28N2O3. The Morgan fingerprint density at radius 1 is 1.14 bits per heavy atom. The van der Waals surface area contributed by atoms with Crippen molar-refractivity contribution in [3.05, 3.63) is 54.1 Å². The number of likely N-dealkylation sites (tertiary alicyclic amines) is 1. The van der Waals surface area contributed by atoms with Gasteiger partial charge in [0.15, 0.2) is 0 Å². The Balaban J connectivity index is 1.64. The van der Waals surface area contributed by atoms with Crippen molar-refractivity contribution in [2.24, 2.45) is 5.92 Å². The van der Waals surface area contributed by atoms with Gasteiger partial charge in [0.1, 0.15) is 0 Å². The van der Waals surface area contributed by atoms with Gasteiger partial charge in [-0.15, -0.1) is 0 Å². The molecule has 2 amide bonds. The molecule has 0 unspecified atom stereocenters. The fourth-order valence-corrected chi connectivity index (χ4v) is 3.61. The van der Waals surface area contributed by atoms with Gasteiger partial charge >= 0.3 is 0 Å². The number of hydrogen-bond donors (Lipinski definition) is 1. The van der Waals surface area contributed by atoms with Crippen LogP contribution in [0.1, 0.15) is 24.8 Å². The lowest BCUT2D eigenvalue weighted by atomic mass is 9.96. The first-order chi connectivity index (χ1) is 13.6. The molecule has 0 radical (unpaired) electrons. The number of aryl methyl sites for hydroxylation is 1. The second-order valence-corrected chi connectivity index (χ2v) is 7.36. The smallest absolute Gasteiger partial charge is 0.229 e. The highest BCUT2D eigenvalue weighted by molar-refractivity contribution is 5.93. The number of methoxy groups -OCH3 is 1. The zero-order valence-electron chi connectivity index (χ0n) is 16.6. The summed E-state index contributed by atoms with van der Waals surface area (Å²) >= 11 is 0. The van der Waals surface area contributed by atoms with E-state index in [1.54, 1.807) is 12.0 Å². The summed E-state index contributed by atoms with van der Waals surface area (Å²) in [6.07, 6.45) is 2.01. The van der Waals surface area contributed by atoms with Crippen LogP contribution in [0.25, 0.3) is 11.1 Å². The van der Waals surface area contributed by atoms with Gasteiger partial charge in [-0.25, -0.2) is 0 Å². The van der Waals surface area contributed by atoms with Crippen LogP contribution in [0, 0.1) is 12.8 Å². The highest BCUT2D eigenvalue weighted by Crippen LogP contribution is 2.25. The first-order valence-electron chi connectivity index (χ1n) is 9.81. The van der Waals surface area contributed by atoms with Crippen LogP contribution < -0.4 is 5.32 Å². The Morgan fingerprint density at radius 3 is 2.64 bits per heavy atom. The van der Waals surface area contributed by atoms with Gasteiger partial charge in [0, 0.05) is 25.9 Å². The Kier molecular flexibility index (Phi) is 6.82. The third-order valence-electron chi connectivity index (χ3n) is 5.15. The number of hydrogen-bond acceptors (Lipinski definition) is 3. The summed E-state index contributed by atoms with van der Waals surface area (Å²) in [7, 11) is 1.59. The van der Waals surface area contributed by atoms with Crippen molar-refractivity contribution in [2.75, 3.05) is 32.1 Å². The number of carbonyl (C=O) groups excluding carboxylic acids is 2. The molecular weight excluding hydrogens is 352 g/mol. The highest BCUT2D eigenvalue weighted by atomic mass is 16.5. The molecule has 0 aliphatic carbocycles. The summed E-state index contributed by atoms with van der Waals surface area (Å²) in [6.45, 7) is 3.68. The number of carbonyl (C=O) groups is 2. The summed E-state index contributed by atoms with van der Waals surface area (Å²) in [6, 6.07) is 16.2. The maximum Gasteiger partial charge on any atom is 0.229 e. The summed E-state index contributed by atoms with van der Waals surface area (Å²) in [5.41, 5.74) is 4.18. The maximum atomic E-state index is 12.8. The van der Waals surface area contributed by atoms with Gasteiger partial charge in [-0.1, -0.05) is 42.0 Å². The van der Waals surface area contributed by atoms with Crippen molar-refractivity contribution in [3.8, 4) is 11.1 Å². The summed E-state index contributed by atoms with van der Waals surface area (Å²) in [4.78, 5) is 26.8. The topological polar surface area (TPSA) is 58.6 Å². The monoisotopic (exact) mass is 380 g/mol. The van der Waals surface area contributed by atoms with E-state index in [0.717, 1.165) is 36.2 Å². The fraction of sp³-hybridized carbons (Fsp3) is 0.391. The van der Waals surface area contributed by atoms with Gasteiger partial charge in [0.25, 0.3) is 0 Å². The van der Waals surface area contributed by atoms with E-state index in [2.05, 4.69) is 30.4 Å². The third-order valence-corrected chi connectivity index (χ3v) is 5.15. The summed E-state index contributed by atoms with van der Waals surface area (Å²) in [5, 5.41) is 3.04. The number of benzene rings is 2.